The molecule has 7 heteroatoms. The van der Waals surface area contributed by atoms with Gasteiger partial charge in [-0.1, -0.05) is 23.5 Å². The molecule has 27 heavy (non-hydrogen) atoms. The van der Waals surface area contributed by atoms with Gasteiger partial charge in [-0.2, -0.15) is 0 Å². The third kappa shape index (κ3) is 3.42. The van der Waals surface area contributed by atoms with E-state index in [9.17, 15) is 4.79 Å². The summed E-state index contributed by atoms with van der Waals surface area (Å²) in [4.78, 5) is 19.3. The first-order valence-electron chi connectivity index (χ1n) is 8.84. The van der Waals surface area contributed by atoms with Gasteiger partial charge in [0.15, 0.2) is 5.13 Å². The molecule has 1 aromatic heterocycles. The van der Waals surface area contributed by atoms with Crippen LogP contribution in [-0.2, 0) is 0 Å². The summed E-state index contributed by atoms with van der Waals surface area (Å²) in [6, 6.07) is 13.4. The molecule has 1 fully saturated rings. The predicted octanol–water partition coefficient (Wildman–Crippen LogP) is 4.68. The van der Waals surface area contributed by atoms with Gasteiger partial charge in [0.05, 0.1) is 30.5 Å². The van der Waals surface area contributed by atoms with Gasteiger partial charge in [0.25, 0.3) is 0 Å². The number of ether oxygens (including phenoxy) is 2. The molecule has 4 rings (SSSR count). The van der Waals surface area contributed by atoms with E-state index in [1.54, 1.807) is 14.2 Å². The number of likely N-dealkylation sites (tertiary alicyclic amines) is 1. The maximum absolute atomic E-state index is 12.9. The largest absolute Gasteiger partial charge is 0.497 e. The van der Waals surface area contributed by atoms with E-state index >= 15 is 0 Å². The molecule has 0 bridgehead atoms. The third-order valence-electron chi connectivity index (χ3n) is 4.82. The summed E-state index contributed by atoms with van der Waals surface area (Å²) in [6.45, 7) is 0.705. The van der Waals surface area contributed by atoms with Crippen LogP contribution >= 0.6 is 11.3 Å². The van der Waals surface area contributed by atoms with Crippen LogP contribution in [0.5, 0.6) is 11.5 Å². The molecule has 6 nitrogen and oxygen atoms in total. The zero-order valence-electron chi connectivity index (χ0n) is 15.3. The third-order valence-corrected chi connectivity index (χ3v) is 5.77. The number of fused-ring (bicyclic) bond motifs is 1. The van der Waals surface area contributed by atoms with Crippen LogP contribution in [0.2, 0.25) is 0 Å². The Hall–Kier alpha value is -2.80. The lowest BCUT2D eigenvalue weighted by Crippen LogP contribution is -2.34. The molecule has 2 aromatic carbocycles. The van der Waals surface area contributed by atoms with E-state index in [-0.39, 0.29) is 12.1 Å². The normalized spacial score (nSPS) is 16.5. The van der Waals surface area contributed by atoms with Gasteiger partial charge < -0.3 is 14.4 Å². The van der Waals surface area contributed by atoms with Crippen LogP contribution in [-0.4, -0.2) is 36.7 Å². The van der Waals surface area contributed by atoms with Gasteiger partial charge in [-0.3, -0.25) is 5.32 Å². The molecule has 0 unspecified atom stereocenters. The maximum atomic E-state index is 12.9. The van der Waals surface area contributed by atoms with Crippen molar-refractivity contribution >= 4 is 32.7 Å². The van der Waals surface area contributed by atoms with Gasteiger partial charge in [-0.05, 0) is 37.1 Å². The molecule has 1 saturated heterocycles. The number of nitrogens with zero attached hydrogens (tertiary/aromatic N) is 2. The van der Waals surface area contributed by atoms with Crippen molar-refractivity contribution in [1.82, 2.24) is 9.88 Å². The molecular formula is C20H21N3O3S. The fourth-order valence-electron chi connectivity index (χ4n) is 3.52. The van der Waals surface area contributed by atoms with E-state index in [2.05, 4.69) is 10.3 Å². The minimum absolute atomic E-state index is 0.0276. The zero-order valence-corrected chi connectivity index (χ0v) is 16.1. The van der Waals surface area contributed by atoms with E-state index in [4.69, 9.17) is 9.47 Å². The monoisotopic (exact) mass is 383 g/mol. The number of carbonyl (C=O) groups excluding carboxylic acids is 1. The van der Waals surface area contributed by atoms with E-state index in [1.807, 2.05) is 47.4 Å². The smallest absolute Gasteiger partial charge is 0.324 e. The summed E-state index contributed by atoms with van der Waals surface area (Å²) >= 11 is 1.48. The molecule has 2 heterocycles. The Bertz CT molecular complexity index is 939. The van der Waals surface area contributed by atoms with E-state index in [0.717, 1.165) is 40.1 Å². The van der Waals surface area contributed by atoms with Crippen LogP contribution < -0.4 is 14.8 Å². The number of amides is 2. The molecule has 1 aliphatic rings. The maximum Gasteiger partial charge on any atom is 0.324 e. The molecule has 140 valence electrons. The number of para-hydroxylation sites is 1. The van der Waals surface area contributed by atoms with Gasteiger partial charge in [-0.15, -0.1) is 0 Å². The van der Waals surface area contributed by atoms with Crippen molar-refractivity contribution in [1.29, 1.82) is 0 Å². The van der Waals surface area contributed by atoms with Crippen LogP contribution in [0, 0.1) is 0 Å². The van der Waals surface area contributed by atoms with Crippen LogP contribution in [0.25, 0.3) is 10.2 Å². The number of thiazole rings is 1. The summed E-state index contributed by atoms with van der Waals surface area (Å²) in [7, 11) is 3.26. The Morgan fingerprint density at radius 2 is 2.07 bits per heavy atom. The lowest BCUT2D eigenvalue weighted by atomic mass is 10.0. The van der Waals surface area contributed by atoms with Crippen molar-refractivity contribution in [2.45, 2.75) is 18.9 Å². The molecule has 0 saturated carbocycles. The number of anilines is 1. The number of benzene rings is 2. The second-order valence-electron chi connectivity index (χ2n) is 6.38. The number of methoxy groups -OCH3 is 2. The van der Waals surface area contributed by atoms with Crippen molar-refractivity contribution in [2.24, 2.45) is 0 Å². The SMILES string of the molecule is COc1ccc([C@H]2CCCN2C(=O)Nc2nc3ccccc3s2)c(OC)c1. The summed E-state index contributed by atoms with van der Waals surface area (Å²) in [5, 5.41) is 3.58. The number of urea groups is 1. The van der Waals surface area contributed by atoms with Gasteiger partial charge in [0.1, 0.15) is 11.5 Å². The molecular weight excluding hydrogens is 362 g/mol. The van der Waals surface area contributed by atoms with Gasteiger partial charge in [-0.25, -0.2) is 9.78 Å². The van der Waals surface area contributed by atoms with Gasteiger partial charge >= 0.3 is 6.03 Å². The molecule has 2 amide bonds. The number of hydrogen-bond donors (Lipinski definition) is 1. The minimum Gasteiger partial charge on any atom is -0.497 e. The van der Waals surface area contributed by atoms with Crippen LogP contribution in [0.3, 0.4) is 0 Å². The number of nitrogens with one attached hydrogen (secondary N) is 1. The molecule has 1 atom stereocenters. The molecule has 0 radical (unpaired) electrons. The highest BCUT2D eigenvalue weighted by atomic mass is 32.1. The highest BCUT2D eigenvalue weighted by Crippen LogP contribution is 2.39. The van der Waals surface area contributed by atoms with Crippen molar-refractivity contribution in [2.75, 3.05) is 26.1 Å². The Balaban J connectivity index is 1.56. The van der Waals surface area contributed by atoms with Gasteiger partial charge in [0, 0.05) is 18.2 Å². The van der Waals surface area contributed by atoms with E-state index < -0.39 is 0 Å². The van der Waals surface area contributed by atoms with Crippen molar-refractivity contribution < 1.29 is 14.3 Å². The summed E-state index contributed by atoms with van der Waals surface area (Å²) < 4.78 is 11.9. The number of hydrogen-bond acceptors (Lipinski definition) is 5. The van der Waals surface area contributed by atoms with Crippen LogP contribution in [0.15, 0.2) is 42.5 Å². The number of carbonyl (C=O) groups is 1. The van der Waals surface area contributed by atoms with E-state index in [0.29, 0.717) is 11.7 Å². The Morgan fingerprint density at radius 3 is 2.85 bits per heavy atom. The van der Waals surface area contributed by atoms with Crippen molar-refractivity contribution in [3.63, 3.8) is 0 Å². The fourth-order valence-corrected chi connectivity index (χ4v) is 4.37. The average Bonchev–Trinajstić information content (AvgIpc) is 3.33. The molecule has 1 aliphatic heterocycles. The summed E-state index contributed by atoms with van der Waals surface area (Å²) in [5.74, 6) is 1.47. The first-order chi connectivity index (χ1) is 13.2. The lowest BCUT2D eigenvalue weighted by molar-refractivity contribution is 0.206. The Kier molecular flexibility index (Phi) is 4.85. The molecule has 1 N–H and O–H groups in total. The van der Waals surface area contributed by atoms with Crippen molar-refractivity contribution in [3.05, 3.63) is 48.0 Å². The van der Waals surface area contributed by atoms with Crippen LogP contribution in [0.1, 0.15) is 24.4 Å². The predicted molar refractivity (Wildman–Crippen MR) is 107 cm³/mol. The molecule has 0 aliphatic carbocycles. The lowest BCUT2D eigenvalue weighted by Gasteiger charge is -2.26. The van der Waals surface area contributed by atoms with E-state index in [1.165, 1.54) is 11.3 Å². The summed E-state index contributed by atoms with van der Waals surface area (Å²) in [6.07, 6.45) is 1.85. The topological polar surface area (TPSA) is 63.7 Å². The quantitative estimate of drug-likeness (QED) is 0.710. The highest BCUT2D eigenvalue weighted by Gasteiger charge is 2.32. The molecule has 3 aromatic rings. The second kappa shape index (κ2) is 7.44. The second-order valence-corrected chi connectivity index (χ2v) is 7.41. The first kappa shape index (κ1) is 17.6. The average molecular weight is 383 g/mol. The highest BCUT2D eigenvalue weighted by molar-refractivity contribution is 7.22. The molecule has 0 spiro atoms. The summed E-state index contributed by atoms with van der Waals surface area (Å²) in [5.41, 5.74) is 1.89. The number of aromatic nitrogens is 1. The van der Waals surface area contributed by atoms with Gasteiger partial charge in [0.2, 0.25) is 0 Å². The Labute approximate surface area is 161 Å². The van der Waals surface area contributed by atoms with Crippen molar-refractivity contribution in [3.8, 4) is 11.5 Å². The van der Waals surface area contributed by atoms with Crippen LogP contribution in [0.4, 0.5) is 9.93 Å². The number of rotatable bonds is 4. The Morgan fingerprint density at radius 1 is 1.22 bits per heavy atom. The first-order valence-corrected chi connectivity index (χ1v) is 9.66. The minimum atomic E-state index is -0.130. The standard InChI is InChI=1S/C20H21N3O3S/c1-25-13-9-10-14(17(12-13)26-2)16-7-5-11-23(16)20(24)22-19-21-15-6-3-4-8-18(15)27-19/h3-4,6,8-10,12,16H,5,7,11H2,1-2H3,(H,21,22,24)/t16-/m1/s1. The zero-order chi connectivity index (χ0) is 18.8. The fraction of sp³-hybridized carbons (Fsp3) is 0.300.